The molecule has 0 radical (unpaired) electrons. The molecule has 156 valence electrons. The molecule has 3 aromatic carbocycles. The third-order valence-electron chi connectivity index (χ3n) is 5.94. The maximum absolute atomic E-state index is 13.6. The highest BCUT2D eigenvalue weighted by Gasteiger charge is 2.60. The number of carbonyl (C=O) groups excluding carboxylic acids is 2. The van der Waals surface area contributed by atoms with Crippen LogP contribution in [0.25, 0.3) is 0 Å². The summed E-state index contributed by atoms with van der Waals surface area (Å²) in [6.07, 6.45) is -0.876. The highest BCUT2D eigenvalue weighted by Crippen LogP contribution is 2.48. The van der Waals surface area contributed by atoms with Gasteiger partial charge >= 0.3 is 0 Å². The van der Waals surface area contributed by atoms with Crippen LogP contribution < -0.4 is 14.7 Å². The summed E-state index contributed by atoms with van der Waals surface area (Å²) in [4.78, 5) is 34.4. The SMILES string of the molecule is COc1ccc([C@@H]2[C@@H]3C(=O)N(c4ccccc4C)C(=O)[C@H]3ON2c2ccccc2)cc1. The van der Waals surface area contributed by atoms with Gasteiger partial charge in [-0.05, 0) is 48.4 Å². The highest BCUT2D eigenvalue weighted by atomic mass is 16.7. The van der Waals surface area contributed by atoms with E-state index < -0.39 is 18.1 Å². The molecule has 0 N–H and O–H groups in total. The van der Waals surface area contributed by atoms with Gasteiger partial charge in [0.05, 0.1) is 24.5 Å². The van der Waals surface area contributed by atoms with E-state index in [0.29, 0.717) is 5.69 Å². The number of amides is 2. The molecule has 3 atom stereocenters. The van der Waals surface area contributed by atoms with E-state index in [1.807, 2.05) is 79.7 Å². The second-order valence-corrected chi connectivity index (χ2v) is 7.73. The Bertz CT molecular complexity index is 1130. The van der Waals surface area contributed by atoms with Crippen molar-refractivity contribution >= 4 is 23.2 Å². The summed E-state index contributed by atoms with van der Waals surface area (Å²) in [5.41, 5.74) is 3.14. The van der Waals surface area contributed by atoms with Crippen LogP contribution in [0.2, 0.25) is 0 Å². The lowest BCUT2D eigenvalue weighted by atomic mass is 9.90. The molecule has 0 bridgehead atoms. The average molecular weight is 414 g/mol. The first-order valence-electron chi connectivity index (χ1n) is 10.2. The van der Waals surface area contributed by atoms with Crippen LogP contribution >= 0.6 is 0 Å². The van der Waals surface area contributed by atoms with Gasteiger partial charge in [-0.25, -0.2) is 9.96 Å². The second-order valence-electron chi connectivity index (χ2n) is 7.73. The fraction of sp³-hybridized carbons (Fsp3) is 0.200. The maximum Gasteiger partial charge on any atom is 0.266 e. The molecule has 6 nitrogen and oxygen atoms in total. The van der Waals surface area contributed by atoms with Gasteiger partial charge in [0.25, 0.3) is 5.91 Å². The monoisotopic (exact) mass is 414 g/mol. The first-order chi connectivity index (χ1) is 15.1. The van der Waals surface area contributed by atoms with Gasteiger partial charge in [0.2, 0.25) is 5.91 Å². The van der Waals surface area contributed by atoms with E-state index in [2.05, 4.69) is 0 Å². The first kappa shape index (κ1) is 19.3. The third-order valence-corrected chi connectivity index (χ3v) is 5.94. The molecule has 2 aliphatic heterocycles. The minimum Gasteiger partial charge on any atom is -0.497 e. The average Bonchev–Trinajstić information content (AvgIpc) is 3.31. The Labute approximate surface area is 180 Å². The van der Waals surface area contributed by atoms with Crippen LogP contribution in [0.3, 0.4) is 0 Å². The number of nitrogens with zero attached hydrogens (tertiary/aromatic N) is 2. The van der Waals surface area contributed by atoms with E-state index in [1.165, 1.54) is 4.90 Å². The molecule has 0 unspecified atom stereocenters. The molecule has 2 fully saturated rings. The smallest absolute Gasteiger partial charge is 0.266 e. The molecule has 2 aliphatic rings. The molecule has 3 aromatic rings. The molecule has 0 aliphatic carbocycles. The summed E-state index contributed by atoms with van der Waals surface area (Å²) in [6.45, 7) is 1.89. The van der Waals surface area contributed by atoms with Crippen molar-refractivity contribution < 1.29 is 19.2 Å². The predicted molar refractivity (Wildman–Crippen MR) is 117 cm³/mol. The van der Waals surface area contributed by atoms with Crippen molar-refractivity contribution in [1.82, 2.24) is 0 Å². The van der Waals surface area contributed by atoms with Crippen LogP contribution in [0.4, 0.5) is 11.4 Å². The Balaban J connectivity index is 1.59. The van der Waals surface area contributed by atoms with E-state index in [9.17, 15) is 9.59 Å². The van der Waals surface area contributed by atoms with Crippen molar-refractivity contribution in [3.63, 3.8) is 0 Å². The molecule has 0 aromatic heterocycles. The Hall–Kier alpha value is -3.64. The molecular formula is C25H22N2O4. The zero-order chi connectivity index (χ0) is 21.5. The summed E-state index contributed by atoms with van der Waals surface area (Å²) in [5.74, 6) is -0.508. The summed E-state index contributed by atoms with van der Waals surface area (Å²) in [5, 5.41) is 1.70. The number of carbonyl (C=O) groups is 2. The number of ether oxygens (including phenoxy) is 1. The number of imide groups is 1. The number of hydrogen-bond acceptors (Lipinski definition) is 5. The number of fused-ring (bicyclic) bond motifs is 1. The fourth-order valence-corrected chi connectivity index (χ4v) is 4.41. The molecule has 5 rings (SSSR count). The Morgan fingerprint density at radius 2 is 1.52 bits per heavy atom. The zero-order valence-electron chi connectivity index (χ0n) is 17.3. The molecule has 2 heterocycles. The van der Waals surface area contributed by atoms with Crippen LogP contribution in [0.1, 0.15) is 17.2 Å². The molecule has 2 amide bonds. The quantitative estimate of drug-likeness (QED) is 0.603. The molecular weight excluding hydrogens is 392 g/mol. The first-order valence-corrected chi connectivity index (χ1v) is 10.2. The number of hydrogen-bond donors (Lipinski definition) is 0. The third kappa shape index (κ3) is 3.07. The molecule has 0 spiro atoms. The zero-order valence-corrected chi connectivity index (χ0v) is 17.3. The van der Waals surface area contributed by atoms with Gasteiger partial charge < -0.3 is 4.74 Å². The van der Waals surface area contributed by atoms with Crippen LogP contribution in [-0.4, -0.2) is 25.0 Å². The largest absolute Gasteiger partial charge is 0.497 e. The van der Waals surface area contributed by atoms with Crippen molar-refractivity contribution in [2.45, 2.75) is 19.1 Å². The summed E-state index contributed by atoms with van der Waals surface area (Å²) < 4.78 is 5.28. The Morgan fingerprint density at radius 1 is 0.839 bits per heavy atom. The number of hydroxylamine groups is 1. The van der Waals surface area contributed by atoms with Gasteiger partial charge in [-0.2, -0.15) is 0 Å². The molecule has 6 heteroatoms. The standard InChI is InChI=1S/C25H22N2O4/c1-16-8-6-7-11-20(16)26-24(28)21-22(17-12-14-19(30-2)15-13-17)27(31-23(21)25(26)29)18-9-4-3-5-10-18/h3-15,21-23H,1-2H3/t21-,22+,23-/m0/s1. The molecule has 0 saturated carbocycles. The van der Waals surface area contributed by atoms with E-state index in [4.69, 9.17) is 9.57 Å². The number of anilines is 2. The van der Waals surface area contributed by atoms with Gasteiger partial charge in [0.1, 0.15) is 11.7 Å². The van der Waals surface area contributed by atoms with Crippen molar-refractivity contribution in [2.24, 2.45) is 5.92 Å². The highest BCUT2D eigenvalue weighted by molar-refractivity contribution is 6.24. The number of rotatable bonds is 4. The number of methoxy groups -OCH3 is 1. The second kappa shape index (κ2) is 7.56. The normalized spacial score (nSPS) is 22.7. The lowest BCUT2D eigenvalue weighted by molar-refractivity contribution is -0.126. The van der Waals surface area contributed by atoms with Crippen LogP contribution in [-0.2, 0) is 14.4 Å². The molecule has 31 heavy (non-hydrogen) atoms. The van der Waals surface area contributed by atoms with E-state index in [0.717, 1.165) is 22.6 Å². The van der Waals surface area contributed by atoms with Gasteiger partial charge in [-0.1, -0.05) is 48.5 Å². The minimum absolute atomic E-state index is 0.247. The van der Waals surface area contributed by atoms with Gasteiger partial charge in [0, 0.05) is 0 Å². The number of aryl methyl sites for hydroxylation is 1. The topological polar surface area (TPSA) is 59.1 Å². The fourth-order valence-electron chi connectivity index (χ4n) is 4.41. The van der Waals surface area contributed by atoms with Crippen molar-refractivity contribution in [3.05, 3.63) is 90.0 Å². The Morgan fingerprint density at radius 3 is 2.19 bits per heavy atom. The predicted octanol–water partition coefficient (Wildman–Crippen LogP) is 4.05. The van der Waals surface area contributed by atoms with Crippen LogP contribution in [0.15, 0.2) is 78.9 Å². The minimum atomic E-state index is -0.876. The van der Waals surface area contributed by atoms with Crippen LogP contribution in [0, 0.1) is 12.8 Å². The Kier molecular flexibility index (Phi) is 4.71. The summed E-state index contributed by atoms with van der Waals surface area (Å²) in [6, 6.07) is 24.0. The van der Waals surface area contributed by atoms with Gasteiger partial charge in [-0.3, -0.25) is 14.4 Å². The molecule has 2 saturated heterocycles. The van der Waals surface area contributed by atoms with Crippen molar-refractivity contribution in [2.75, 3.05) is 17.1 Å². The lowest BCUT2D eigenvalue weighted by Gasteiger charge is -2.29. The van der Waals surface area contributed by atoms with E-state index in [-0.39, 0.29) is 11.8 Å². The summed E-state index contributed by atoms with van der Waals surface area (Å²) in [7, 11) is 1.61. The van der Waals surface area contributed by atoms with E-state index in [1.54, 1.807) is 18.2 Å². The van der Waals surface area contributed by atoms with Crippen molar-refractivity contribution in [3.8, 4) is 5.75 Å². The van der Waals surface area contributed by atoms with Crippen LogP contribution in [0.5, 0.6) is 5.75 Å². The maximum atomic E-state index is 13.6. The van der Waals surface area contributed by atoms with Crippen molar-refractivity contribution in [1.29, 1.82) is 0 Å². The number of benzene rings is 3. The lowest BCUT2D eigenvalue weighted by Crippen LogP contribution is -2.37. The number of para-hydroxylation sites is 2. The summed E-state index contributed by atoms with van der Waals surface area (Å²) >= 11 is 0. The van der Waals surface area contributed by atoms with E-state index >= 15 is 0 Å². The van der Waals surface area contributed by atoms with Gasteiger partial charge in [0.15, 0.2) is 6.10 Å². The van der Waals surface area contributed by atoms with Gasteiger partial charge in [-0.15, -0.1) is 0 Å².